The molecule has 10 aromatic carbocycles. The predicted octanol–water partition coefficient (Wildman–Crippen LogP) is 13.4. The fraction of sp³-hybridized carbons (Fsp3) is 0. The first kappa shape index (κ1) is 40.1. The van der Waals surface area contributed by atoms with Crippen LogP contribution in [0.2, 0.25) is 0 Å². The van der Waals surface area contributed by atoms with Gasteiger partial charge in [0.05, 0.1) is 33.1 Å². The van der Waals surface area contributed by atoms with E-state index in [4.69, 9.17) is 0 Å². The summed E-state index contributed by atoms with van der Waals surface area (Å²) in [4.78, 5) is 4.65. The molecule has 0 atom stereocenters. The average molecular weight is 909 g/mol. The Balaban J connectivity index is 1.04. The van der Waals surface area contributed by atoms with Crippen LogP contribution in [-0.4, -0.2) is 26.8 Å². The third kappa shape index (κ3) is 5.92. The van der Waals surface area contributed by atoms with Crippen molar-refractivity contribution >= 4 is 94.2 Å². The van der Waals surface area contributed by atoms with E-state index in [0.29, 0.717) is 0 Å². The summed E-state index contributed by atoms with van der Waals surface area (Å²) in [7, 11) is -2.80. The number of hydrogen-bond acceptors (Lipinski definition) is 1. The highest BCUT2D eigenvalue weighted by molar-refractivity contribution is 7.19. The van der Waals surface area contributed by atoms with E-state index in [9.17, 15) is 0 Å². The van der Waals surface area contributed by atoms with E-state index < -0.39 is 8.07 Å². The van der Waals surface area contributed by atoms with Crippen molar-refractivity contribution in [3.63, 3.8) is 0 Å². The molecule has 0 unspecified atom stereocenters. The highest BCUT2D eigenvalue weighted by Crippen LogP contribution is 2.44. The molecule has 0 aliphatic carbocycles. The second kappa shape index (κ2) is 16.1. The Morgan fingerprint density at radius 3 is 1.49 bits per heavy atom. The summed E-state index contributed by atoms with van der Waals surface area (Å²) in [5.41, 5.74) is 12.8. The van der Waals surface area contributed by atoms with Gasteiger partial charge < -0.3 is 13.7 Å². The molecule has 0 fully saturated rings. The van der Waals surface area contributed by atoms with Crippen LogP contribution < -0.4 is 20.7 Å². The Hall–Kier alpha value is -9.03. The molecule has 0 saturated heterocycles. The molecule has 5 heteroatoms. The summed E-state index contributed by atoms with van der Waals surface area (Å²) in [5.74, 6) is 0. The molecule has 70 heavy (non-hydrogen) atoms. The van der Waals surface area contributed by atoms with E-state index in [-0.39, 0.29) is 0 Å². The average Bonchev–Trinajstić information content (AvgIpc) is 4.09. The Labute approximate surface area is 406 Å². The van der Waals surface area contributed by atoms with Crippen LogP contribution in [0.1, 0.15) is 0 Å². The minimum atomic E-state index is -2.80. The Morgan fingerprint density at radius 1 is 0.300 bits per heavy atom. The van der Waals surface area contributed by atoms with Gasteiger partial charge in [0.15, 0.2) is 8.07 Å². The Morgan fingerprint density at radius 2 is 0.800 bits per heavy atom. The normalized spacial score (nSPS) is 12.0. The molecular weight excluding hydrogens is 865 g/mol. The summed E-state index contributed by atoms with van der Waals surface area (Å²) in [6.07, 6.45) is 3.92. The molecule has 0 N–H and O–H groups in total. The summed E-state index contributed by atoms with van der Waals surface area (Å²) >= 11 is 0. The van der Waals surface area contributed by atoms with E-state index in [2.05, 4.69) is 273 Å². The summed E-state index contributed by atoms with van der Waals surface area (Å²) in [6.45, 7) is 0. The first-order valence-corrected chi connectivity index (χ1v) is 26.0. The van der Waals surface area contributed by atoms with Crippen molar-refractivity contribution in [3.8, 4) is 28.2 Å². The lowest BCUT2D eigenvalue weighted by Crippen LogP contribution is -2.74. The highest BCUT2D eigenvalue weighted by atomic mass is 28.3. The lowest BCUT2D eigenvalue weighted by Gasteiger charge is -2.34. The zero-order valence-electron chi connectivity index (χ0n) is 38.2. The molecule has 0 radical (unpaired) electrons. The van der Waals surface area contributed by atoms with Crippen molar-refractivity contribution in [1.82, 2.24) is 18.7 Å². The van der Waals surface area contributed by atoms with Crippen molar-refractivity contribution in [2.45, 2.75) is 0 Å². The molecule has 0 aliphatic rings. The third-order valence-corrected chi connectivity index (χ3v) is 19.4. The molecule has 4 aromatic heterocycles. The van der Waals surface area contributed by atoms with E-state index in [1.54, 1.807) is 0 Å². The van der Waals surface area contributed by atoms with Crippen LogP contribution in [0.5, 0.6) is 0 Å². The summed E-state index contributed by atoms with van der Waals surface area (Å²) < 4.78 is 7.36. The first-order chi connectivity index (χ1) is 34.8. The van der Waals surface area contributed by atoms with Gasteiger partial charge in [0, 0.05) is 61.8 Å². The molecule has 0 amide bonds. The number of benzene rings is 10. The number of nitrogens with zero attached hydrogens (tertiary/aromatic N) is 4. The van der Waals surface area contributed by atoms with Gasteiger partial charge in [-0.3, -0.25) is 4.98 Å². The minimum Gasteiger partial charge on any atom is -0.309 e. The minimum absolute atomic E-state index is 1.13. The second-order valence-electron chi connectivity index (χ2n) is 18.3. The molecule has 0 saturated carbocycles. The number of aromatic nitrogens is 4. The van der Waals surface area contributed by atoms with Gasteiger partial charge >= 0.3 is 0 Å². The van der Waals surface area contributed by atoms with E-state index in [0.717, 1.165) is 33.5 Å². The van der Waals surface area contributed by atoms with Gasteiger partial charge in [-0.15, -0.1) is 0 Å². The predicted molar refractivity (Wildman–Crippen MR) is 296 cm³/mol. The molecule has 4 heterocycles. The van der Waals surface area contributed by atoms with Crippen LogP contribution in [-0.2, 0) is 0 Å². The molecule has 0 spiro atoms. The third-order valence-electron chi connectivity index (χ3n) is 14.7. The van der Waals surface area contributed by atoms with Gasteiger partial charge in [-0.05, 0) is 105 Å². The summed E-state index contributed by atoms with van der Waals surface area (Å²) in [5, 5.41) is 12.6. The van der Waals surface area contributed by atoms with Crippen LogP contribution in [0.15, 0.2) is 267 Å². The van der Waals surface area contributed by atoms with Crippen LogP contribution in [0.4, 0.5) is 0 Å². The van der Waals surface area contributed by atoms with Gasteiger partial charge in [-0.1, -0.05) is 182 Å². The summed E-state index contributed by atoms with van der Waals surface area (Å²) in [6, 6.07) is 94.2. The lowest BCUT2D eigenvalue weighted by molar-refractivity contribution is 1.17. The van der Waals surface area contributed by atoms with Crippen molar-refractivity contribution in [1.29, 1.82) is 0 Å². The van der Waals surface area contributed by atoms with Gasteiger partial charge in [-0.25, -0.2) is 0 Å². The van der Waals surface area contributed by atoms with Gasteiger partial charge in [-0.2, -0.15) is 0 Å². The number of fused-ring (bicyclic) bond motifs is 10. The zero-order chi connectivity index (χ0) is 46.2. The highest BCUT2D eigenvalue weighted by Gasteiger charge is 2.41. The van der Waals surface area contributed by atoms with Gasteiger partial charge in [0.25, 0.3) is 0 Å². The maximum absolute atomic E-state index is 4.65. The molecule has 14 aromatic rings. The number of para-hydroxylation sites is 3. The van der Waals surface area contributed by atoms with Gasteiger partial charge in [0.1, 0.15) is 0 Å². The van der Waals surface area contributed by atoms with Crippen LogP contribution in [0.25, 0.3) is 93.6 Å². The monoisotopic (exact) mass is 908 g/mol. The van der Waals surface area contributed by atoms with Crippen molar-refractivity contribution in [2.24, 2.45) is 0 Å². The molecule has 14 rings (SSSR count). The van der Waals surface area contributed by atoms with Crippen LogP contribution in [0.3, 0.4) is 0 Å². The Kier molecular flexibility index (Phi) is 9.19. The molecule has 0 aliphatic heterocycles. The van der Waals surface area contributed by atoms with Gasteiger partial charge in [0.2, 0.25) is 0 Å². The van der Waals surface area contributed by atoms with Crippen LogP contribution >= 0.6 is 0 Å². The quantitative estimate of drug-likeness (QED) is 0.110. The maximum Gasteiger partial charge on any atom is 0.179 e. The van der Waals surface area contributed by atoms with Crippen molar-refractivity contribution in [3.05, 3.63) is 267 Å². The standard InChI is InChI=1S/C65H44N4Si/c1-6-20-46(21-7-1)67-60-40-41-66-44-57(60)63-53(33-19-35-61(63)67)45-36-38-59-56(42-45)54-37-39-62-64(65(54)69(59)47-22-8-2-9-23-47)55-32-16-17-34-58(55)68(62)48-24-18-31-52(43-48)70(49-25-10-3-11-26-49,50-27-12-4-13-28-50)51-29-14-5-15-30-51/h1-44H. The topological polar surface area (TPSA) is 27.7 Å². The number of rotatable bonds is 8. The smallest absolute Gasteiger partial charge is 0.179 e. The zero-order valence-corrected chi connectivity index (χ0v) is 39.2. The SMILES string of the molecule is c1ccc(-n2c3ccncc3c3c(-c4ccc5c(c4)c4ccc6c(c7ccccc7n6-c6cccc([Si](c7ccccc7)(c7ccccc7)c7ccccc7)c6)c4n5-c4ccccc4)cccc32)cc1. The Bertz CT molecular complexity index is 4170. The molecule has 0 bridgehead atoms. The molecule has 328 valence electrons. The van der Waals surface area contributed by atoms with E-state index in [1.807, 2.05) is 12.4 Å². The van der Waals surface area contributed by atoms with Crippen LogP contribution in [0, 0.1) is 0 Å². The first-order valence-electron chi connectivity index (χ1n) is 24.0. The van der Waals surface area contributed by atoms with E-state index in [1.165, 1.54) is 80.9 Å². The fourth-order valence-electron chi connectivity index (χ4n) is 11.8. The molecular formula is C65H44N4Si. The second-order valence-corrected chi connectivity index (χ2v) is 22.1. The molecule has 4 nitrogen and oxygen atoms in total. The number of hydrogen-bond donors (Lipinski definition) is 0. The van der Waals surface area contributed by atoms with Crippen molar-refractivity contribution in [2.75, 3.05) is 0 Å². The maximum atomic E-state index is 4.65. The lowest BCUT2D eigenvalue weighted by atomic mass is 9.98. The number of pyridine rings is 1. The fourth-order valence-corrected chi connectivity index (χ4v) is 16.6. The van der Waals surface area contributed by atoms with Crippen molar-refractivity contribution < 1.29 is 0 Å². The van der Waals surface area contributed by atoms with E-state index >= 15 is 0 Å². The largest absolute Gasteiger partial charge is 0.309 e.